The SMILES string of the molecule is COC1CCC(N(C)C(=O)OCc2ccccc2)CC1. The number of carbonyl (C=O) groups excluding carboxylic acids is 1. The largest absolute Gasteiger partial charge is 0.445 e. The molecule has 1 aliphatic carbocycles. The monoisotopic (exact) mass is 277 g/mol. The van der Waals surface area contributed by atoms with Gasteiger partial charge in [0, 0.05) is 20.2 Å². The molecule has 0 heterocycles. The molecular weight excluding hydrogens is 254 g/mol. The summed E-state index contributed by atoms with van der Waals surface area (Å²) in [6.07, 6.45) is 4.09. The van der Waals surface area contributed by atoms with E-state index in [2.05, 4.69) is 0 Å². The Morgan fingerprint density at radius 1 is 1.20 bits per heavy atom. The van der Waals surface area contributed by atoms with Crippen molar-refractivity contribution in [2.45, 2.75) is 44.4 Å². The Labute approximate surface area is 120 Å². The van der Waals surface area contributed by atoms with Crippen molar-refractivity contribution in [2.75, 3.05) is 14.2 Å². The molecule has 2 rings (SSSR count). The van der Waals surface area contributed by atoms with Gasteiger partial charge in [0.25, 0.3) is 0 Å². The highest BCUT2D eigenvalue weighted by atomic mass is 16.6. The first-order valence-electron chi connectivity index (χ1n) is 7.17. The van der Waals surface area contributed by atoms with Crippen LogP contribution < -0.4 is 0 Å². The first kappa shape index (κ1) is 14.9. The Kier molecular flexibility index (Phi) is 5.41. The Bertz CT molecular complexity index is 413. The predicted molar refractivity (Wildman–Crippen MR) is 77.4 cm³/mol. The van der Waals surface area contributed by atoms with Crippen molar-refractivity contribution in [1.29, 1.82) is 0 Å². The summed E-state index contributed by atoms with van der Waals surface area (Å²) in [4.78, 5) is 13.8. The van der Waals surface area contributed by atoms with Gasteiger partial charge in [-0.3, -0.25) is 0 Å². The average Bonchev–Trinajstić information content (AvgIpc) is 2.53. The Balaban J connectivity index is 1.77. The fraction of sp³-hybridized carbons (Fsp3) is 0.562. The van der Waals surface area contributed by atoms with Gasteiger partial charge in [0.05, 0.1) is 6.10 Å². The number of ether oxygens (including phenoxy) is 2. The van der Waals surface area contributed by atoms with E-state index < -0.39 is 0 Å². The Hall–Kier alpha value is -1.55. The quantitative estimate of drug-likeness (QED) is 0.848. The van der Waals surface area contributed by atoms with Gasteiger partial charge in [0.2, 0.25) is 0 Å². The summed E-state index contributed by atoms with van der Waals surface area (Å²) in [6.45, 7) is 0.331. The van der Waals surface area contributed by atoms with Crippen molar-refractivity contribution < 1.29 is 14.3 Å². The van der Waals surface area contributed by atoms with Crippen LogP contribution in [-0.2, 0) is 16.1 Å². The van der Waals surface area contributed by atoms with Gasteiger partial charge >= 0.3 is 6.09 Å². The second kappa shape index (κ2) is 7.29. The average molecular weight is 277 g/mol. The van der Waals surface area contributed by atoms with E-state index in [-0.39, 0.29) is 12.1 Å². The third-order valence-corrected chi connectivity index (χ3v) is 4.02. The summed E-state index contributed by atoms with van der Waals surface area (Å²) in [5, 5.41) is 0. The highest BCUT2D eigenvalue weighted by Gasteiger charge is 2.27. The van der Waals surface area contributed by atoms with E-state index in [1.165, 1.54) is 0 Å². The summed E-state index contributed by atoms with van der Waals surface area (Å²) < 4.78 is 10.7. The summed E-state index contributed by atoms with van der Waals surface area (Å²) in [6, 6.07) is 10.0. The maximum Gasteiger partial charge on any atom is 0.410 e. The van der Waals surface area contributed by atoms with Crippen molar-refractivity contribution in [3.63, 3.8) is 0 Å². The molecule has 0 saturated heterocycles. The second-order valence-corrected chi connectivity index (χ2v) is 5.32. The van der Waals surface area contributed by atoms with Gasteiger partial charge in [0.15, 0.2) is 0 Å². The fourth-order valence-electron chi connectivity index (χ4n) is 2.64. The van der Waals surface area contributed by atoms with Crippen LogP contribution in [0.5, 0.6) is 0 Å². The third kappa shape index (κ3) is 3.97. The first-order chi connectivity index (χ1) is 9.70. The molecule has 4 nitrogen and oxygen atoms in total. The van der Waals surface area contributed by atoms with Gasteiger partial charge in [0.1, 0.15) is 6.61 Å². The normalized spacial score (nSPS) is 22.3. The lowest BCUT2D eigenvalue weighted by Gasteiger charge is -2.33. The van der Waals surface area contributed by atoms with Crippen molar-refractivity contribution in [2.24, 2.45) is 0 Å². The molecule has 0 unspecified atom stereocenters. The first-order valence-corrected chi connectivity index (χ1v) is 7.17. The number of carbonyl (C=O) groups is 1. The smallest absolute Gasteiger partial charge is 0.410 e. The molecule has 0 spiro atoms. The second-order valence-electron chi connectivity index (χ2n) is 5.32. The zero-order chi connectivity index (χ0) is 14.4. The lowest BCUT2D eigenvalue weighted by molar-refractivity contribution is 0.0365. The standard InChI is InChI=1S/C16H23NO3/c1-17(14-8-10-15(19-2)11-9-14)16(18)20-12-13-6-4-3-5-7-13/h3-7,14-15H,8-12H2,1-2H3. The lowest BCUT2D eigenvalue weighted by atomic mass is 9.92. The van der Waals surface area contributed by atoms with Gasteiger partial charge in [-0.1, -0.05) is 30.3 Å². The van der Waals surface area contributed by atoms with Crippen LogP contribution in [0.3, 0.4) is 0 Å². The molecule has 1 aromatic rings. The molecule has 0 atom stereocenters. The minimum Gasteiger partial charge on any atom is -0.445 e. The highest BCUT2D eigenvalue weighted by molar-refractivity contribution is 5.67. The molecule has 0 aromatic heterocycles. The maximum atomic E-state index is 12.0. The van der Waals surface area contributed by atoms with E-state index in [0.29, 0.717) is 12.7 Å². The minimum atomic E-state index is -0.241. The van der Waals surface area contributed by atoms with E-state index >= 15 is 0 Å². The highest BCUT2D eigenvalue weighted by Crippen LogP contribution is 2.24. The van der Waals surface area contributed by atoms with Gasteiger partial charge in [-0.05, 0) is 31.2 Å². The topological polar surface area (TPSA) is 38.8 Å². The summed E-state index contributed by atoms with van der Waals surface area (Å²) in [7, 11) is 3.58. The number of amides is 1. The molecule has 1 aliphatic rings. The van der Waals surface area contributed by atoms with Crippen LogP contribution >= 0.6 is 0 Å². The third-order valence-electron chi connectivity index (χ3n) is 4.02. The van der Waals surface area contributed by atoms with Crippen LogP contribution in [0.2, 0.25) is 0 Å². The molecule has 0 bridgehead atoms. The van der Waals surface area contributed by atoms with E-state index in [4.69, 9.17) is 9.47 Å². The fourth-order valence-corrected chi connectivity index (χ4v) is 2.64. The van der Waals surface area contributed by atoms with Crippen molar-refractivity contribution in [1.82, 2.24) is 4.90 Å². The van der Waals surface area contributed by atoms with Crippen LogP contribution in [0.15, 0.2) is 30.3 Å². The van der Waals surface area contributed by atoms with Crippen LogP contribution in [-0.4, -0.2) is 37.3 Å². The molecule has 1 fully saturated rings. The molecular formula is C16H23NO3. The number of nitrogens with zero attached hydrogens (tertiary/aromatic N) is 1. The van der Waals surface area contributed by atoms with Crippen LogP contribution in [0.1, 0.15) is 31.2 Å². The molecule has 4 heteroatoms. The number of benzene rings is 1. The molecule has 20 heavy (non-hydrogen) atoms. The molecule has 1 aromatic carbocycles. The summed E-state index contributed by atoms with van der Waals surface area (Å²) in [5.41, 5.74) is 1.01. The van der Waals surface area contributed by atoms with Crippen molar-refractivity contribution in [3.8, 4) is 0 Å². The van der Waals surface area contributed by atoms with Crippen LogP contribution in [0, 0.1) is 0 Å². The number of hydrogen-bond acceptors (Lipinski definition) is 3. The molecule has 0 aliphatic heterocycles. The zero-order valence-corrected chi connectivity index (χ0v) is 12.2. The molecule has 0 N–H and O–H groups in total. The Morgan fingerprint density at radius 3 is 2.45 bits per heavy atom. The van der Waals surface area contributed by atoms with Crippen molar-refractivity contribution >= 4 is 6.09 Å². The van der Waals surface area contributed by atoms with Crippen LogP contribution in [0.4, 0.5) is 4.79 Å². The van der Waals surface area contributed by atoms with Crippen molar-refractivity contribution in [3.05, 3.63) is 35.9 Å². The summed E-state index contributed by atoms with van der Waals surface area (Å²) in [5.74, 6) is 0. The van der Waals surface area contributed by atoms with E-state index in [9.17, 15) is 4.79 Å². The lowest BCUT2D eigenvalue weighted by Crippen LogP contribution is -2.40. The van der Waals surface area contributed by atoms with Gasteiger partial charge in [-0.15, -0.1) is 0 Å². The summed E-state index contributed by atoms with van der Waals surface area (Å²) >= 11 is 0. The van der Waals surface area contributed by atoms with Gasteiger partial charge in [-0.2, -0.15) is 0 Å². The minimum absolute atomic E-state index is 0.241. The van der Waals surface area contributed by atoms with Gasteiger partial charge in [-0.25, -0.2) is 4.79 Å². The van der Waals surface area contributed by atoms with Crippen LogP contribution in [0.25, 0.3) is 0 Å². The molecule has 1 saturated carbocycles. The Morgan fingerprint density at radius 2 is 1.85 bits per heavy atom. The number of hydrogen-bond donors (Lipinski definition) is 0. The molecule has 1 amide bonds. The van der Waals surface area contributed by atoms with E-state index in [1.54, 1.807) is 12.0 Å². The maximum absolute atomic E-state index is 12.0. The number of rotatable bonds is 4. The van der Waals surface area contributed by atoms with E-state index in [1.807, 2.05) is 37.4 Å². The van der Waals surface area contributed by atoms with E-state index in [0.717, 1.165) is 31.2 Å². The van der Waals surface area contributed by atoms with Gasteiger partial charge < -0.3 is 14.4 Å². The predicted octanol–water partition coefficient (Wildman–Crippen LogP) is 3.21. The zero-order valence-electron chi connectivity index (χ0n) is 12.2. The molecule has 110 valence electrons. The number of methoxy groups -OCH3 is 1. The molecule has 0 radical (unpaired) electrons.